The molecule has 0 atom stereocenters. The summed E-state index contributed by atoms with van der Waals surface area (Å²) < 4.78 is 37.5. The Labute approximate surface area is 139 Å². The molecule has 0 unspecified atom stereocenters. The van der Waals surface area contributed by atoms with Gasteiger partial charge in [-0.1, -0.05) is 63.2 Å². The molecule has 0 bridgehead atoms. The highest BCUT2D eigenvalue weighted by Crippen LogP contribution is 2.29. The molecule has 0 radical (unpaired) electrons. The van der Waals surface area contributed by atoms with Crippen molar-refractivity contribution in [2.75, 3.05) is 0 Å². The van der Waals surface area contributed by atoms with Crippen molar-refractivity contribution in [3.05, 3.63) is 76.9 Å². The Morgan fingerprint density at radius 1 is 0.833 bits per heavy atom. The van der Waals surface area contributed by atoms with Gasteiger partial charge in [0, 0.05) is 5.56 Å². The average molecular weight is 332 g/mol. The van der Waals surface area contributed by atoms with Gasteiger partial charge in [-0.3, -0.25) is 4.79 Å². The fraction of sp³-hybridized carbons (Fsp3) is 0.250. The van der Waals surface area contributed by atoms with Crippen LogP contribution in [-0.2, 0) is 11.6 Å². The van der Waals surface area contributed by atoms with E-state index in [0.29, 0.717) is 11.1 Å². The molecule has 0 amide bonds. The Balaban J connectivity index is 2.10. The van der Waals surface area contributed by atoms with E-state index < -0.39 is 11.7 Å². The van der Waals surface area contributed by atoms with Gasteiger partial charge >= 0.3 is 6.18 Å². The number of allylic oxidation sites excluding steroid dienone is 1. The molecule has 0 saturated carbocycles. The molecule has 4 heteroatoms. The first kappa shape index (κ1) is 18.0. The van der Waals surface area contributed by atoms with E-state index in [0.717, 1.165) is 17.7 Å². The van der Waals surface area contributed by atoms with Crippen LogP contribution in [0.2, 0.25) is 0 Å². The smallest absolute Gasteiger partial charge is 0.289 e. The van der Waals surface area contributed by atoms with E-state index in [1.54, 1.807) is 12.1 Å². The summed E-state index contributed by atoms with van der Waals surface area (Å²) in [6.45, 7) is 6.27. The van der Waals surface area contributed by atoms with Gasteiger partial charge in [-0.15, -0.1) is 0 Å². The Hall–Kier alpha value is -2.36. The molecule has 0 heterocycles. The second-order valence-electron chi connectivity index (χ2n) is 6.64. The zero-order chi connectivity index (χ0) is 18.0. The zero-order valence-electron chi connectivity index (χ0n) is 13.8. The van der Waals surface area contributed by atoms with E-state index >= 15 is 0 Å². The molecule has 1 nitrogen and oxygen atoms in total. The van der Waals surface area contributed by atoms with E-state index in [9.17, 15) is 18.0 Å². The lowest BCUT2D eigenvalue weighted by Gasteiger charge is -2.18. The van der Waals surface area contributed by atoms with E-state index in [1.165, 1.54) is 24.3 Å². The van der Waals surface area contributed by atoms with Crippen molar-refractivity contribution >= 4 is 11.9 Å². The summed E-state index contributed by atoms with van der Waals surface area (Å²) in [6.07, 6.45) is -1.47. The number of alkyl halides is 3. The van der Waals surface area contributed by atoms with Gasteiger partial charge in [0.2, 0.25) is 0 Å². The number of rotatable bonds is 3. The summed E-state index contributed by atoms with van der Waals surface area (Å²) in [7, 11) is 0. The Bertz CT molecular complexity index is 730. The molecule has 2 aromatic carbocycles. The van der Waals surface area contributed by atoms with Crippen LogP contribution in [0.3, 0.4) is 0 Å². The van der Waals surface area contributed by atoms with Crippen molar-refractivity contribution in [3.8, 4) is 0 Å². The van der Waals surface area contributed by atoms with Gasteiger partial charge in [0.05, 0.1) is 5.56 Å². The third-order valence-electron chi connectivity index (χ3n) is 3.70. The first-order chi connectivity index (χ1) is 11.1. The second-order valence-corrected chi connectivity index (χ2v) is 6.64. The highest BCUT2D eigenvalue weighted by molar-refractivity contribution is 6.06. The van der Waals surface area contributed by atoms with Gasteiger partial charge in [-0.25, -0.2) is 0 Å². The van der Waals surface area contributed by atoms with Crippen molar-refractivity contribution < 1.29 is 18.0 Å². The van der Waals surface area contributed by atoms with Crippen molar-refractivity contribution in [1.82, 2.24) is 0 Å². The molecule has 126 valence electrons. The summed E-state index contributed by atoms with van der Waals surface area (Å²) in [5.41, 5.74) is 1.53. The average Bonchev–Trinajstić information content (AvgIpc) is 2.51. The predicted octanol–water partition coefficient (Wildman–Crippen LogP) is 5.90. The van der Waals surface area contributed by atoms with E-state index in [1.807, 2.05) is 12.1 Å². The van der Waals surface area contributed by atoms with Gasteiger partial charge in [0.1, 0.15) is 0 Å². The number of carbonyl (C=O) groups excluding carboxylic acids is 1. The van der Waals surface area contributed by atoms with Crippen LogP contribution in [0.25, 0.3) is 6.08 Å². The molecule has 24 heavy (non-hydrogen) atoms. The van der Waals surface area contributed by atoms with E-state index in [-0.39, 0.29) is 11.2 Å². The number of carbonyl (C=O) groups is 1. The Kier molecular flexibility index (Phi) is 4.97. The largest absolute Gasteiger partial charge is 0.416 e. The molecule has 0 aliphatic rings. The topological polar surface area (TPSA) is 17.1 Å². The first-order valence-corrected chi connectivity index (χ1v) is 7.57. The van der Waals surface area contributed by atoms with Crippen LogP contribution < -0.4 is 0 Å². The van der Waals surface area contributed by atoms with Crippen LogP contribution in [-0.4, -0.2) is 5.78 Å². The highest BCUT2D eigenvalue weighted by atomic mass is 19.4. The van der Waals surface area contributed by atoms with E-state index in [4.69, 9.17) is 0 Å². The fourth-order valence-corrected chi connectivity index (χ4v) is 2.19. The van der Waals surface area contributed by atoms with Gasteiger partial charge in [-0.05, 0) is 34.8 Å². The quantitative estimate of drug-likeness (QED) is 0.505. The molecule has 0 saturated heterocycles. The van der Waals surface area contributed by atoms with Gasteiger partial charge in [0.25, 0.3) is 0 Å². The molecule has 0 N–H and O–H groups in total. The number of hydrogen-bond acceptors (Lipinski definition) is 1. The molecule has 0 aromatic heterocycles. The lowest BCUT2D eigenvalue weighted by atomic mass is 9.86. The normalized spacial score (nSPS) is 12.6. The van der Waals surface area contributed by atoms with Gasteiger partial charge in [0.15, 0.2) is 5.78 Å². The number of hydrogen-bond donors (Lipinski definition) is 0. The minimum atomic E-state index is -4.35. The molecule has 0 spiro atoms. The highest BCUT2D eigenvalue weighted by Gasteiger charge is 2.29. The first-order valence-electron chi connectivity index (χ1n) is 7.57. The van der Waals surface area contributed by atoms with Crippen LogP contribution in [0, 0.1) is 0 Å². The Morgan fingerprint density at radius 3 is 1.79 bits per heavy atom. The lowest BCUT2D eigenvalue weighted by Crippen LogP contribution is -2.11. The maximum absolute atomic E-state index is 12.5. The fourth-order valence-electron chi connectivity index (χ4n) is 2.19. The van der Waals surface area contributed by atoms with Gasteiger partial charge < -0.3 is 0 Å². The molecule has 2 aromatic rings. The minimum Gasteiger partial charge on any atom is -0.289 e. The van der Waals surface area contributed by atoms with Crippen LogP contribution in [0.1, 0.15) is 47.8 Å². The number of halogens is 3. The molecular weight excluding hydrogens is 313 g/mol. The van der Waals surface area contributed by atoms with Crippen molar-refractivity contribution in [2.45, 2.75) is 32.4 Å². The molecular formula is C20H19F3O. The maximum Gasteiger partial charge on any atom is 0.416 e. The minimum absolute atomic E-state index is 0.0116. The standard InChI is InChI=1S/C20H19F3O/c1-19(2,3)16-11-7-15(8-12-16)18(24)13-6-14-4-9-17(10-5-14)20(21,22)23/h4-13H,1-3H3/b13-6+. The summed E-state index contributed by atoms with van der Waals surface area (Å²) in [5, 5.41) is 0. The third-order valence-corrected chi connectivity index (χ3v) is 3.70. The SMILES string of the molecule is CC(C)(C)c1ccc(C(=O)/C=C/c2ccc(C(F)(F)F)cc2)cc1. The van der Waals surface area contributed by atoms with Crippen LogP contribution in [0.15, 0.2) is 54.6 Å². The predicted molar refractivity (Wildman–Crippen MR) is 90.0 cm³/mol. The Morgan fingerprint density at radius 2 is 1.33 bits per heavy atom. The summed E-state index contributed by atoms with van der Waals surface area (Å²) in [4.78, 5) is 12.1. The molecule has 2 rings (SSSR count). The molecule has 0 fully saturated rings. The summed E-state index contributed by atoms with van der Waals surface area (Å²) >= 11 is 0. The summed E-state index contributed by atoms with van der Waals surface area (Å²) in [5.74, 6) is -0.185. The van der Waals surface area contributed by atoms with Crippen molar-refractivity contribution in [2.24, 2.45) is 0 Å². The van der Waals surface area contributed by atoms with Crippen LogP contribution >= 0.6 is 0 Å². The molecule has 0 aliphatic carbocycles. The summed E-state index contributed by atoms with van der Waals surface area (Å²) in [6, 6.07) is 12.0. The number of benzene rings is 2. The van der Waals surface area contributed by atoms with Crippen LogP contribution in [0.5, 0.6) is 0 Å². The maximum atomic E-state index is 12.5. The monoisotopic (exact) mass is 332 g/mol. The van der Waals surface area contributed by atoms with Gasteiger partial charge in [-0.2, -0.15) is 13.2 Å². The third kappa shape index (κ3) is 4.57. The van der Waals surface area contributed by atoms with E-state index in [2.05, 4.69) is 20.8 Å². The number of ketones is 1. The lowest BCUT2D eigenvalue weighted by molar-refractivity contribution is -0.137. The van der Waals surface area contributed by atoms with Crippen molar-refractivity contribution in [1.29, 1.82) is 0 Å². The van der Waals surface area contributed by atoms with Crippen molar-refractivity contribution in [3.63, 3.8) is 0 Å². The zero-order valence-corrected chi connectivity index (χ0v) is 13.8. The molecule has 0 aliphatic heterocycles. The van der Waals surface area contributed by atoms with Crippen LogP contribution in [0.4, 0.5) is 13.2 Å². The second kappa shape index (κ2) is 6.63.